The number of carbonyl (C=O) groups is 1. The highest BCUT2D eigenvalue weighted by atomic mass is 35.5. The predicted molar refractivity (Wildman–Crippen MR) is 91.2 cm³/mol. The van der Waals surface area contributed by atoms with E-state index < -0.39 is 18.7 Å². The average Bonchev–Trinajstić information content (AvgIpc) is 2.49. The van der Waals surface area contributed by atoms with Gasteiger partial charge in [0.25, 0.3) is 5.91 Å². The molecule has 0 aliphatic carbocycles. The highest BCUT2D eigenvalue weighted by Gasteiger charge is 2.29. The van der Waals surface area contributed by atoms with Crippen molar-refractivity contribution in [3.05, 3.63) is 24.3 Å². The Morgan fingerprint density at radius 3 is 2.24 bits per heavy atom. The van der Waals surface area contributed by atoms with Gasteiger partial charge in [0.2, 0.25) is 0 Å². The van der Waals surface area contributed by atoms with Gasteiger partial charge in [-0.2, -0.15) is 13.2 Å². The molecule has 1 atom stereocenters. The van der Waals surface area contributed by atoms with Crippen LogP contribution in [0.2, 0.25) is 0 Å². The number of hydrogen-bond acceptors (Lipinski definition) is 4. The van der Waals surface area contributed by atoms with Gasteiger partial charge in [-0.15, -0.1) is 12.4 Å². The van der Waals surface area contributed by atoms with Crippen molar-refractivity contribution in [2.75, 3.05) is 19.8 Å². The Morgan fingerprint density at radius 1 is 1.20 bits per heavy atom. The van der Waals surface area contributed by atoms with E-state index in [2.05, 4.69) is 10.1 Å². The molecule has 0 bridgehead atoms. The van der Waals surface area contributed by atoms with Crippen molar-refractivity contribution in [2.24, 2.45) is 11.7 Å². The average molecular weight is 385 g/mol. The van der Waals surface area contributed by atoms with Crippen LogP contribution in [0.4, 0.5) is 13.2 Å². The van der Waals surface area contributed by atoms with Crippen molar-refractivity contribution >= 4 is 18.3 Å². The van der Waals surface area contributed by atoms with Crippen LogP contribution in [0, 0.1) is 5.92 Å². The van der Waals surface area contributed by atoms with E-state index >= 15 is 0 Å². The molecule has 1 unspecified atom stereocenters. The molecule has 0 saturated heterocycles. The van der Waals surface area contributed by atoms with Crippen molar-refractivity contribution in [1.82, 2.24) is 5.32 Å². The van der Waals surface area contributed by atoms with Crippen LogP contribution in [0.15, 0.2) is 24.3 Å². The van der Waals surface area contributed by atoms with Crippen molar-refractivity contribution in [1.29, 1.82) is 0 Å². The van der Waals surface area contributed by atoms with Crippen molar-refractivity contribution < 1.29 is 27.4 Å². The molecule has 0 fully saturated rings. The molecule has 0 aromatic heterocycles. The second-order valence-corrected chi connectivity index (χ2v) is 5.77. The maximum absolute atomic E-state index is 12.2. The van der Waals surface area contributed by atoms with Gasteiger partial charge in [-0.25, -0.2) is 0 Å². The third-order valence-electron chi connectivity index (χ3n) is 3.00. The number of rotatable bonds is 9. The first-order valence-electron chi connectivity index (χ1n) is 7.62. The lowest BCUT2D eigenvalue weighted by molar-refractivity contribution is -0.153. The van der Waals surface area contributed by atoms with Gasteiger partial charge in [-0.3, -0.25) is 4.79 Å². The maximum atomic E-state index is 12.2. The number of para-hydroxylation sites is 2. The van der Waals surface area contributed by atoms with Crippen molar-refractivity contribution in [3.63, 3.8) is 0 Å². The van der Waals surface area contributed by atoms with Crippen LogP contribution < -0.4 is 20.5 Å². The highest BCUT2D eigenvalue weighted by Crippen LogP contribution is 2.28. The SMILES string of the molecule is CC(C)CC(CN)NC(=O)COc1ccccc1OCC(F)(F)F.Cl. The Morgan fingerprint density at radius 2 is 1.76 bits per heavy atom. The number of alkyl halides is 3. The summed E-state index contributed by atoms with van der Waals surface area (Å²) < 4.78 is 46.7. The third kappa shape index (κ3) is 10.0. The fourth-order valence-electron chi connectivity index (χ4n) is 2.04. The zero-order chi connectivity index (χ0) is 18.2. The van der Waals surface area contributed by atoms with Gasteiger partial charge in [0.1, 0.15) is 0 Å². The quantitative estimate of drug-likeness (QED) is 0.686. The third-order valence-corrected chi connectivity index (χ3v) is 3.00. The van der Waals surface area contributed by atoms with Crippen molar-refractivity contribution in [3.8, 4) is 11.5 Å². The van der Waals surface area contributed by atoms with Gasteiger partial charge in [0.15, 0.2) is 24.7 Å². The topological polar surface area (TPSA) is 73.6 Å². The molecular weight excluding hydrogens is 361 g/mol. The highest BCUT2D eigenvalue weighted by molar-refractivity contribution is 5.85. The second kappa shape index (κ2) is 11.0. The number of carbonyl (C=O) groups excluding carboxylic acids is 1. The number of nitrogens with one attached hydrogen (secondary N) is 1. The zero-order valence-corrected chi connectivity index (χ0v) is 15.0. The van der Waals surface area contributed by atoms with Crippen LogP contribution >= 0.6 is 12.4 Å². The second-order valence-electron chi connectivity index (χ2n) is 5.77. The Hall–Kier alpha value is -1.67. The molecule has 1 rings (SSSR count). The fraction of sp³-hybridized carbons (Fsp3) is 0.562. The predicted octanol–water partition coefficient (Wildman–Crippen LogP) is 2.92. The fourth-order valence-corrected chi connectivity index (χ4v) is 2.04. The van der Waals surface area contributed by atoms with Crippen LogP contribution in [0.25, 0.3) is 0 Å². The molecule has 0 saturated carbocycles. The molecule has 25 heavy (non-hydrogen) atoms. The normalized spacial score (nSPS) is 12.3. The van der Waals surface area contributed by atoms with Gasteiger partial charge in [-0.05, 0) is 24.5 Å². The molecule has 1 aromatic carbocycles. The molecule has 0 aliphatic rings. The summed E-state index contributed by atoms with van der Waals surface area (Å²) in [6.07, 6.45) is -3.72. The minimum Gasteiger partial charge on any atom is -0.480 e. The van der Waals surface area contributed by atoms with Crippen LogP contribution in [-0.4, -0.2) is 37.9 Å². The zero-order valence-electron chi connectivity index (χ0n) is 14.1. The first kappa shape index (κ1) is 23.3. The summed E-state index contributed by atoms with van der Waals surface area (Å²) in [5.41, 5.74) is 5.60. The number of ether oxygens (including phenoxy) is 2. The van der Waals surface area contributed by atoms with E-state index in [1.807, 2.05) is 13.8 Å². The standard InChI is InChI=1S/C16H23F3N2O3.ClH/c1-11(2)7-12(8-20)21-15(22)9-23-13-5-3-4-6-14(13)24-10-16(17,18)19;/h3-6,11-12H,7-10,20H2,1-2H3,(H,21,22);1H. The van der Waals surface area contributed by atoms with Gasteiger partial charge < -0.3 is 20.5 Å². The molecule has 5 nitrogen and oxygen atoms in total. The van der Waals surface area contributed by atoms with Gasteiger partial charge in [0, 0.05) is 12.6 Å². The lowest BCUT2D eigenvalue weighted by atomic mass is 10.0. The number of amides is 1. The van der Waals surface area contributed by atoms with E-state index in [1.165, 1.54) is 18.2 Å². The first-order chi connectivity index (χ1) is 11.2. The number of nitrogens with two attached hydrogens (primary N) is 1. The maximum Gasteiger partial charge on any atom is 0.422 e. The Balaban J connectivity index is 0.00000576. The van der Waals surface area contributed by atoms with E-state index in [0.29, 0.717) is 12.5 Å². The molecular formula is C16H24ClF3N2O3. The molecule has 0 aliphatic heterocycles. The number of hydrogen-bond donors (Lipinski definition) is 2. The summed E-state index contributed by atoms with van der Waals surface area (Å²) >= 11 is 0. The molecule has 9 heteroatoms. The molecule has 0 radical (unpaired) electrons. The van der Waals surface area contributed by atoms with E-state index in [9.17, 15) is 18.0 Å². The summed E-state index contributed by atoms with van der Waals surface area (Å²) in [5, 5.41) is 2.73. The van der Waals surface area contributed by atoms with Crippen LogP contribution in [0.1, 0.15) is 20.3 Å². The molecule has 3 N–H and O–H groups in total. The minimum atomic E-state index is -4.45. The largest absolute Gasteiger partial charge is 0.480 e. The summed E-state index contributed by atoms with van der Waals surface area (Å²) in [4.78, 5) is 11.9. The lowest BCUT2D eigenvalue weighted by Gasteiger charge is -2.19. The van der Waals surface area contributed by atoms with Gasteiger partial charge >= 0.3 is 6.18 Å². The van der Waals surface area contributed by atoms with E-state index in [1.54, 1.807) is 6.07 Å². The van der Waals surface area contributed by atoms with Gasteiger partial charge in [0.05, 0.1) is 0 Å². The van der Waals surface area contributed by atoms with Gasteiger partial charge in [-0.1, -0.05) is 26.0 Å². The number of benzene rings is 1. The Bertz CT molecular complexity index is 528. The van der Waals surface area contributed by atoms with Crippen LogP contribution in [-0.2, 0) is 4.79 Å². The summed E-state index contributed by atoms with van der Waals surface area (Å²) in [7, 11) is 0. The monoisotopic (exact) mass is 384 g/mol. The molecule has 144 valence electrons. The Labute approximate surface area is 151 Å². The Kier molecular flexibility index (Phi) is 10.3. The molecule has 0 heterocycles. The van der Waals surface area contributed by atoms with E-state index in [-0.39, 0.29) is 36.6 Å². The lowest BCUT2D eigenvalue weighted by Crippen LogP contribution is -2.43. The minimum absolute atomic E-state index is 0. The van der Waals surface area contributed by atoms with Crippen LogP contribution in [0.3, 0.4) is 0 Å². The molecule has 1 amide bonds. The molecule has 1 aromatic rings. The van der Waals surface area contributed by atoms with E-state index in [0.717, 1.165) is 6.42 Å². The molecule has 0 spiro atoms. The smallest absolute Gasteiger partial charge is 0.422 e. The first-order valence-corrected chi connectivity index (χ1v) is 7.62. The summed E-state index contributed by atoms with van der Waals surface area (Å²) in [6.45, 7) is 2.57. The number of halogens is 4. The van der Waals surface area contributed by atoms with E-state index in [4.69, 9.17) is 10.5 Å². The summed E-state index contributed by atoms with van der Waals surface area (Å²) in [6, 6.07) is 5.72. The van der Waals surface area contributed by atoms with Crippen LogP contribution in [0.5, 0.6) is 11.5 Å². The van der Waals surface area contributed by atoms with Crippen molar-refractivity contribution in [2.45, 2.75) is 32.5 Å². The summed E-state index contributed by atoms with van der Waals surface area (Å²) in [5.74, 6) is -0.0155.